The molecule has 0 aliphatic carbocycles. The molecule has 2 aliphatic rings. The second-order valence-electron chi connectivity index (χ2n) is 7.23. The van der Waals surface area contributed by atoms with Gasteiger partial charge in [0, 0.05) is 23.4 Å². The highest BCUT2D eigenvalue weighted by Crippen LogP contribution is 2.39. The molecule has 0 radical (unpaired) electrons. The Bertz CT molecular complexity index is 462. The Morgan fingerprint density at radius 1 is 1.42 bits per heavy atom. The average Bonchev–Trinajstić information content (AvgIpc) is 2.96. The minimum Gasteiger partial charge on any atom is -0.319 e. The normalized spacial score (nSPS) is 32.5. The predicted octanol–water partition coefficient (Wildman–Crippen LogP) is 2.85. The van der Waals surface area contributed by atoms with Crippen LogP contribution in [0.3, 0.4) is 0 Å². The standard InChI is InChI=1S/C15H25N3S/c1-14(2,3)12-10-19-13(17-12)15(16)6-8-18-7-4-5-11(18)9-15/h10-11H,4-9,16H2,1-3H3. The summed E-state index contributed by atoms with van der Waals surface area (Å²) in [7, 11) is 0. The van der Waals surface area contributed by atoms with Crippen LogP contribution in [0.25, 0.3) is 0 Å². The Morgan fingerprint density at radius 3 is 2.89 bits per heavy atom. The number of nitrogens with two attached hydrogens (primary N) is 1. The number of fused-ring (bicyclic) bond motifs is 1. The fourth-order valence-corrected chi connectivity index (χ4v) is 4.53. The van der Waals surface area contributed by atoms with E-state index in [4.69, 9.17) is 10.7 Å². The molecule has 2 atom stereocenters. The first-order chi connectivity index (χ1) is 8.88. The van der Waals surface area contributed by atoms with Gasteiger partial charge in [-0.15, -0.1) is 11.3 Å². The molecule has 1 aromatic rings. The van der Waals surface area contributed by atoms with Gasteiger partial charge in [-0.3, -0.25) is 0 Å². The van der Waals surface area contributed by atoms with Crippen LogP contribution in [0.2, 0.25) is 0 Å². The van der Waals surface area contributed by atoms with Crippen molar-refractivity contribution < 1.29 is 0 Å². The molecule has 3 rings (SSSR count). The van der Waals surface area contributed by atoms with Crippen LogP contribution in [0.5, 0.6) is 0 Å². The molecule has 2 unspecified atom stereocenters. The summed E-state index contributed by atoms with van der Waals surface area (Å²) >= 11 is 1.76. The Hall–Kier alpha value is -0.450. The Labute approximate surface area is 120 Å². The van der Waals surface area contributed by atoms with Gasteiger partial charge in [-0.2, -0.15) is 0 Å². The zero-order valence-electron chi connectivity index (χ0n) is 12.3. The maximum Gasteiger partial charge on any atom is 0.113 e. The number of hydrogen-bond donors (Lipinski definition) is 1. The van der Waals surface area contributed by atoms with E-state index < -0.39 is 0 Å². The topological polar surface area (TPSA) is 42.1 Å². The Kier molecular flexibility index (Phi) is 3.23. The van der Waals surface area contributed by atoms with E-state index in [-0.39, 0.29) is 11.0 Å². The summed E-state index contributed by atoms with van der Waals surface area (Å²) in [4.78, 5) is 7.48. The largest absolute Gasteiger partial charge is 0.319 e. The van der Waals surface area contributed by atoms with E-state index in [2.05, 4.69) is 31.1 Å². The molecular formula is C15H25N3S. The molecule has 1 aromatic heterocycles. The zero-order valence-corrected chi connectivity index (χ0v) is 13.1. The van der Waals surface area contributed by atoms with Crippen LogP contribution in [0.15, 0.2) is 5.38 Å². The second-order valence-corrected chi connectivity index (χ2v) is 8.09. The number of hydrogen-bond acceptors (Lipinski definition) is 4. The zero-order chi connectivity index (χ0) is 13.7. The SMILES string of the molecule is CC(C)(C)c1csc(C2(N)CCN3CCCC3C2)n1. The van der Waals surface area contributed by atoms with Crippen LogP contribution in [0.4, 0.5) is 0 Å². The monoisotopic (exact) mass is 279 g/mol. The van der Waals surface area contributed by atoms with Crippen molar-refractivity contribution >= 4 is 11.3 Å². The first kappa shape index (κ1) is 13.5. The fraction of sp³-hybridized carbons (Fsp3) is 0.800. The molecule has 2 aliphatic heterocycles. The van der Waals surface area contributed by atoms with Gasteiger partial charge in [-0.05, 0) is 32.2 Å². The van der Waals surface area contributed by atoms with E-state index >= 15 is 0 Å². The highest BCUT2D eigenvalue weighted by molar-refractivity contribution is 7.09. The van der Waals surface area contributed by atoms with E-state index in [0.717, 1.165) is 24.4 Å². The predicted molar refractivity (Wildman–Crippen MR) is 80.5 cm³/mol. The molecule has 0 aromatic carbocycles. The van der Waals surface area contributed by atoms with Crippen molar-refractivity contribution in [2.75, 3.05) is 13.1 Å². The third kappa shape index (κ3) is 2.46. The molecule has 4 heteroatoms. The van der Waals surface area contributed by atoms with E-state index in [1.807, 2.05) is 0 Å². The summed E-state index contributed by atoms with van der Waals surface area (Å²) in [6.45, 7) is 9.06. The van der Waals surface area contributed by atoms with E-state index in [1.165, 1.54) is 25.1 Å². The minimum atomic E-state index is -0.181. The number of nitrogens with zero attached hydrogens (tertiary/aromatic N) is 2. The minimum absolute atomic E-state index is 0.124. The molecule has 3 heterocycles. The van der Waals surface area contributed by atoms with E-state index in [1.54, 1.807) is 11.3 Å². The van der Waals surface area contributed by atoms with Crippen LogP contribution in [-0.2, 0) is 11.0 Å². The Morgan fingerprint density at radius 2 is 2.21 bits per heavy atom. The lowest BCUT2D eigenvalue weighted by Crippen LogP contribution is -2.50. The molecule has 0 spiro atoms. The molecule has 2 fully saturated rings. The third-order valence-corrected chi connectivity index (χ3v) is 5.70. The summed E-state index contributed by atoms with van der Waals surface area (Å²) in [5.41, 5.74) is 7.84. The molecule has 0 amide bonds. The maximum absolute atomic E-state index is 6.71. The van der Waals surface area contributed by atoms with E-state index in [9.17, 15) is 0 Å². The van der Waals surface area contributed by atoms with Gasteiger partial charge >= 0.3 is 0 Å². The van der Waals surface area contributed by atoms with Gasteiger partial charge in [-0.25, -0.2) is 4.98 Å². The lowest BCUT2D eigenvalue weighted by Gasteiger charge is -2.40. The van der Waals surface area contributed by atoms with Crippen molar-refractivity contribution in [1.29, 1.82) is 0 Å². The summed E-state index contributed by atoms with van der Waals surface area (Å²) in [5.74, 6) is 0. The lowest BCUT2D eigenvalue weighted by atomic mass is 9.84. The average molecular weight is 279 g/mol. The smallest absolute Gasteiger partial charge is 0.113 e. The molecule has 0 saturated carbocycles. The number of thiazole rings is 1. The summed E-state index contributed by atoms with van der Waals surface area (Å²) in [5, 5.41) is 3.36. The summed E-state index contributed by atoms with van der Waals surface area (Å²) in [6.07, 6.45) is 4.80. The van der Waals surface area contributed by atoms with Gasteiger partial charge in [0.15, 0.2) is 0 Å². The third-order valence-electron chi connectivity index (χ3n) is 4.64. The van der Waals surface area contributed by atoms with Gasteiger partial charge < -0.3 is 10.6 Å². The second kappa shape index (κ2) is 4.54. The van der Waals surface area contributed by atoms with Gasteiger partial charge in [0.2, 0.25) is 0 Å². The highest BCUT2D eigenvalue weighted by atomic mass is 32.1. The van der Waals surface area contributed by atoms with Crippen molar-refractivity contribution in [1.82, 2.24) is 9.88 Å². The number of piperidine rings is 1. The van der Waals surface area contributed by atoms with E-state index in [0.29, 0.717) is 6.04 Å². The van der Waals surface area contributed by atoms with Gasteiger partial charge in [0.05, 0.1) is 11.2 Å². The molecule has 106 valence electrons. The Balaban J connectivity index is 1.82. The van der Waals surface area contributed by atoms with Crippen molar-refractivity contribution in [2.24, 2.45) is 5.73 Å². The molecule has 2 saturated heterocycles. The number of aromatic nitrogens is 1. The van der Waals surface area contributed by atoms with Crippen molar-refractivity contribution in [3.05, 3.63) is 16.1 Å². The van der Waals surface area contributed by atoms with Crippen LogP contribution in [-0.4, -0.2) is 29.0 Å². The summed E-state index contributed by atoms with van der Waals surface area (Å²) < 4.78 is 0. The van der Waals surface area contributed by atoms with Gasteiger partial charge in [-0.1, -0.05) is 20.8 Å². The molecule has 3 nitrogen and oxygen atoms in total. The maximum atomic E-state index is 6.71. The fourth-order valence-electron chi connectivity index (χ4n) is 3.33. The molecular weight excluding hydrogens is 254 g/mol. The van der Waals surface area contributed by atoms with Crippen LogP contribution in [0.1, 0.15) is 57.2 Å². The van der Waals surface area contributed by atoms with Crippen LogP contribution >= 0.6 is 11.3 Å². The van der Waals surface area contributed by atoms with Crippen molar-refractivity contribution in [3.8, 4) is 0 Å². The molecule has 2 N–H and O–H groups in total. The number of rotatable bonds is 1. The first-order valence-corrected chi connectivity index (χ1v) is 8.26. The van der Waals surface area contributed by atoms with Crippen molar-refractivity contribution in [2.45, 2.75) is 63.5 Å². The highest BCUT2D eigenvalue weighted by Gasteiger charge is 2.42. The van der Waals surface area contributed by atoms with Crippen LogP contribution in [0, 0.1) is 0 Å². The van der Waals surface area contributed by atoms with Gasteiger partial charge in [0.1, 0.15) is 5.01 Å². The quantitative estimate of drug-likeness (QED) is 0.859. The lowest BCUT2D eigenvalue weighted by molar-refractivity contribution is 0.130. The first-order valence-electron chi connectivity index (χ1n) is 7.38. The van der Waals surface area contributed by atoms with Crippen molar-refractivity contribution in [3.63, 3.8) is 0 Å². The summed E-state index contributed by atoms with van der Waals surface area (Å²) in [6, 6.07) is 0.695. The molecule has 0 bridgehead atoms. The molecule has 19 heavy (non-hydrogen) atoms. The van der Waals surface area contributed by atoms with Gasteiger partial charge in [0.25, 0.3) is 0 Å². The van der Waals surface area contributed by atoms with Crippen LogP contribution < -0.4 is 5.73 Å².